The maximum absolute atomic E-state index is 12.3. The molecule has 1 atom stereocenters. The summed E-state index contributed by atoms with van der Waals surface area (Å²) in [6.45, 7) is 3.55. The van der Waals surface area contributed by atoms with E-state index in [1.807, 2.05) is 6.92 Å². The van der Waals surface area contributed by atoms with Gasteiger partial charge in [0.15, 0.2) is 11.0 Å². The quantitative estimate of drug-likeness (QED) is 0.398. The van der Waals surface area contributed by atoms with Gasteiger partial charge in [0.2, 0.25) is 11.1 Å². The van der Waals surface area contributed by atoms with E-state index in [2.05, 4.69) is 20.5 Å². The minimum absolute atomic E-state index is 0.229. The summed E-state index contributed by atoms with van der Waals surface area (Å²) in [7, 11) is 0. The number of pyridine rings is 1. The third-order valence-electron chi connectivity index (χ3n) is 3.43. The third-order valence-corrected chi connectivity index (χ3v) is 4.79. The van der Waals surface area contributed by atoms with Crippen molar-refractivity contribution in [3.63, 3.8) is 0 Å². The number of rotatable bonds is 5. The number of nitrogen functional groups attached to an aromatic ring is 1. The average Bonchev–Trinajstić information content (AvgIpc) is 3.16. The first-order valence-electron chi connectivity index (χ1n) is 7.30. The summed E-state index contributed by atoms with van der Waals surface area (Å²) < 4.78 is 6.59. The number of hydrogen-bond acceptors (Lipinski definition) is 7. The van der Waals surface area contributed by atoms with Crippen LogP contribution in [0.2, 0.25) is 5.15 Å². The molecule has 3 aromatic rings. The SMILES string of the molecule is Cc1occc1-c1nnc(SC(C)C(=O)Nc2cccnc2Cl)n1N. The van der Waals surface area contributed by atoms with Gasteiger partial charge in [0, 0.05) is 6.20 Å². The molecule has 3 aromatic heterocycles. The van der Waals surface area contributed by atoms with Crippen molar-refractivity contribution in [2.24, 2.45) is 0 Å². The van der Waals surface area contributed by atoms with Crippen LogP contribution in [-0.4, -0.2) is 31.0 Å². The zero-order chi connectivity index (χ0) is 18.0. The number of hydrogen-bond donors (Lipinski definition) is 2. The van der Waals surface area contributed by atoms with Crippen LogP contribution < -0.4 is 11.2 Å². The van der Waals surface area contributed by atoms with E-state index in [-0.39, 0.29) is 11.1 Å². The molecule has 1 unspecified atom stereocenters. The number of carbonyl (C=O) groups is 1. The van der Waals surface area contributed by atoms with Gasteiger partial charge in [-0.25, -0.2) is 9.66 Å². The number of nitrogens with one attached hydrogen (secondary N) is 1. The molecule has 10 heteroatoms. The molecule has 0 aliphatic heterocycles. The Morgan fingerprint density at radius 3 is 2.92 bits per heavy atom. The van der Waals surface area contributed by atoms with Gasteiger partial charge >= 0.3 is 0 Å². The van der Waals surface area contributed by atoms with Crippen molar-refractivity contribution < 1.29 is 9.21 Å². The number of nitrogens with two attached hydrogens (primary N) is 1. The fourth-order valence-corrected chi connectivity index (χ4v) is 3.02. The molecular formula is C15H15ClN6O2S. The van der Waals surface area contributed by atoms with Crippen molar-refractivity contribution in [3.05, 3.63) is 41.6 Å². The van der Waals surface area contributed by atoms with Crippen LogP contribution >= 0.6 is 23.4 Å². The molecule has 0 spiro atoms. The number of halogens is 1. The maximum Gasteiger partial charge on any atom is 0.237 e. The molecular weight excluding hydrogens is 364 g/mol. The second kappa shape index (κ2) is 7.16. The van der Waals surface area contributed by atoms with E-state index in [9.17, 15) is 4.79 Å². The van der Waals surface area contributed by atoms with Gasteiger partial charge < -0.3 is 15.6 Å². The number of aromatic nitrogens is 4. The molecule has 3 rings (SSSR count). The molecule has 3 heterocycles. The summed E-state index contributed by atoms with van der Waals surface area (Å²) in [5.74, 6) is 6.97. The summed E-state index contributed by atoms with van der Waals surface area (Å²) >= 11 is 7.13. The van der Waals surface area contributed by atoms with Gasteiger partial charge in [0.1, 0.15) is 5.76 Å². The number of furan rings is 1. The normalized spacial score (nSPS) is 12.1. The first-order valence-corrected chi connectivity index (χ1v) is 8.56. The van der Waals surface area contributed by atoms with Gasteiger partial charge in [0.25, 0.3) is 0 Å². The van der Waals surface area contributed by atoms with E-state index in [1.54, 1.807) is 37.6 Å². The summed E-state index contributed by atoms with van der Waals surface area (Å²) in [5, 5.41) is 11.0. The minimum atomic E-state index is -0.471. The molecule has 0 fully saturated rings. The number of carbonyl (C=O) groups excluding carboxylic acids is 1. The molecule has 8 nitrogen and oxygen atoms in total. The lowest BCUT2D eigenvalue weighted by Crippen LogP contribution is -2.24. The van der Waals surface area contributed by atoms with E-state index in [1.165, 1.54) is 16.4 Å². The van der Waals surface area contributed by atoms with Crippen molar-refractivity contribution in [2.75, 3.05) is 11.2 Å². The second-order valence-electron chi connectivity index (χ2n) is 5.16. The van der Waals surface area contributed by atoms with Gasteiger partial charge in [0.05, 0.1) is 22.8 Å². The highest BCUT2D eigenvalue weighted by molar-refractivity contribution is 8.00. The van der Waals surface area contributed by atoms with Gasteiger partial charge in [-0.05, 0) is 32.0 Å². The molecule has 0 aliphatic rings. The van der Waals surface area contributed by atoms with Crippen molar-refractivity contribution in [3.8, 4) is 11.4 Å². The largest absolute Gasteiger partial charge is 0.469 e. The van der Waals surface area contributed by atoms with Gasteiger partial charge in [-0.15, -0.1) is 10.2 Å². The van der Waals surface area contributed by atoms with E-state index in [4.69, 9.17) is 21.9 Å². The van der Waals surface area contributed by atoms with Crippen LogP contribution in [0.1, 0.15) is 12.7 Å². The summed E-state index contributed by atoms with van der Waals surface area (Å²) in [6.07, 6.45) is 3.10. The van der Waals surface area contributed by atoms with Crippen LogP contribution in [0.4, 0.5) is 5.69 Å². The highest BCUT2D eigenvalue weighted by atomic mass is 35.5. The van der Waals surface area contributed by atoms with Crippen molar-refractivity contribution in [1.29, 1.82) is 0 Å². The molecule has 0 saturated heterocycles. The Labute approximate surface area is 152 Å². The van der Waals surface area contributed by atoms with E-state index in [0.717, 1.165) is 5.56 Å². The Morgan fingerprint density at radius 1 is 1.44 bits per heavy atom. The summed E-state index contributed by atoms with van der Waals surface area (Å²) in [4.78, 5) is 16.3. The number of thioether (sulfide) groups is 1. The lowest BCUT2D eigenvalue weighted by atomic mass is 10.2. The standard InChI is InChI=1S/C15H15ClN6O2S/c1-8-10(5-7-24-8)13-20-21-15(22(13)17)25-9(2)14(23)19-11-4-3-6-18-12(11)16/h3-7,9H,17H2,1-2H3,(H,19,23). The fraction of sp³-hybridized carbons (Fsp3) is 0.200. The number of aryl methyl sites for hydroxylation is 1. The molecule has 0 radical (unpaired) electrons. The van der Waals surface area contributed by atoms with Crippen LogP contribution in [0.3, 0.4) is 0 Å². The Kier molecular flexibility index (Phi) is 4.95. The zero-order valence-corrected chi connectivity index (χ0v) is 15.0. The fourth-order valence-electron chi connectivity index (χ4n) is 2.08. The van der Waals surface area contributed by atoms with Gasteiger partial charge in [-0.3, -0.25) is 4.79 Å². The predicted octanol–water partition coefficient (Wildman–Crippen LogP) is 2.73. The third kappa shape index (κ3) is 3.62. The lowest BCUT2D eigenvalue weighted by Gasteiger charge is -2.12. The Morgan fingerprint density at radius 2 is 2.24 bits per heavy atom. The molecule has 130 valence electrons. The highest BCUT2D eigenvalue weighted by Gasteiger charge is 2.21. The van der Waals surface area contributed by atoms with Gasteiger partial charge in [-0.2, -0.15) is 0 Å². The van der Waals surface area contributed by atoms with E-state index < -0.39 is 5.25 Å². The molecule has 0 aliphatic carbocycles. The number of amides is 1. The number of nitrogens with zero attached hydrogens (tertiary/aromatic N) is 4. The Balaban J connectivity index is 1.72. The van der Waals surface area contributed by atoms with Crippen molar-refractivity contribution >= 4 is 35.0 Å². The first-order chi connectivity index (χ1) is 12.0. The Bertz CT molecular complexity index is 909. The van der Waals surface area contributed by atoms with Crippen molar-refractivity contribution in [2.45, 2.75) is 24.3 Å². The molecule has 0 aromatic carbocycles. The summed E-state index contributed by atoms with van der Waals surface area (Å²) in [5.41, 5.74) is 1.20. The molecule has 1 amide bonds. The number of anilines is 1. The van der Waals surface area contributed by atoms with Crippen LogP contribution in [0.25, 0.3) is 11.4 Å². The van der Waals surface area contributed by atoms with Crippen LogP contribution in [0.5, 0.6) is 0 Å². The molecule has 0 bridgehead atoms. The van der Waals surface area contributed by atoms with Crippen LogP contribution in [0, 0.1) is 6.92 Å². The monoisotopic (exact) mass is 378 g/mol. The molecule has 3 N–H and O–H groups in total. The van der Waals surface area contributed by atoms with E-state index >= 15 is 0 Å². The Hall–Kier alpha value is -2.52. The van der Waals surface area contributed by atoms with Gasteiger partial charge in [-0.1, -0.05) is 23.4 Å². The maximum atomic E-state index is 12.3. The lowest BCUT2D eigenvalue weighted by molar-refractivity contribution is -0.115. The predicted molar refractivity (Wildman–Crippen MR) is 95.8 cm³/mol. The van der Waals surface area contributed by atoms with E-state index in [0.29, 0.717) is 22.4 Å². The van der Waals surface area contributed by atoms with Crippen LogP contribution in [-0.2, 0) is 4.79 Å². The smallest absolute Gasteiger partial charge is 0.237 e. The summed E-state index contributed by atoms with van der Waals surface area (Å²) in [6, 6.07) is 5.13. The molecule has 25 heavy (non-hydrogen) atoms. The molecule has 0 saturated carbocycles. The topological polar surface area (TPSA) is 112 Å². The highest BCUT2D eigenvalue weighted by Crippen LogP contribution is 2.28. The second-order valence-corrected chi connectivity index (χ2v) is 6.82. The zero-order valence-electron chi connectivity index (χ0n) is 13.4. The minimum Gasteiger partial charge on any atom is -0.469 e. The van der Waals surface area contributed by atoms with Crippen LogP contribution in [0.15, 0.2) is 40.2 Å². The average molecular weight is 379 g/mol. The van der Waals surface area contributed by atoms with Crippen molar-refractivity contribution in [1.82, 2.24) is 19.9 Å². The first kappa shape index (κ1) is 17.3.